The molecule has 0 saturated carbocycles. The maximum absolute atomic E-state index is 9.87. The first kappa shape index (κ1) is 12.7. The molecule has 2 aromatic rings. The molecule has 0 amide bonds. The maximum Gasteiger partial charge on any atom is 0.119 e. The van der Waals surface area contributed by atoms with E-state index in [-0.39, 0.29) is 0 Å². The van der Waals surface area contributed by atoms with E-state index in [0.29, 0.717) is 5.75 Å². The third-order valence-electron chi connectivity index (χ3n) is 3.51. The van der Waals surface area contributed by atoms with Crippen molar-refractivity contribution in [1.82, 2.24) is 0 Å². The Bertz CT molecular complexity index is 556. The van der Waals surface area contributed by atoms with Gasteiger partial charge in [-0.15, -0.1) is 0 Å². The van der Waals surface area contributed by atoms with Crippen molar-refractivity contribution in [2.75, 3.05) is 0 Å². The van der Waals surface area contributed by atoms with E-state index in [1.54, 1.807) is 0 Å². The topological polar surface area (TPSA) is 20.2 Å². The molecule has 1 N–H and O–H groups in total. The van der Waals surface area contributed by atoms with Crippen LogP contribution in [0, 0.1) is 13.8 Å². The molecular formula is C17H20O. The van der Waals surface area contributed by atoms with Crippen molar-refractivity contribution in [1.29, 1.82) is 0 Å². The van der Waals surface area contributed by atoms with Crippen molar-refractivity contribution in [2.45, 2.75) is 33.6 Å². The van der Waals surface area contributed by atoms with Crippen molar-refractivity contribution in [2.24, 2.45) is 0 Å². The van der Waals surface area contributed by atoms with Gasteiger partial charge in [-0.25, -0.2) is 0 Å². The molecular weight excluding hydrogens is 220 g/mol. The smallest absolute Gasteiger partial charge is 0.119 e. The van der Waals surface area contributed by atoms with Gasteiger partial charge in [-0.2, -0.15) is 0 Å². The van der Waals surface area contributed by atoms with Gasteiger partial charge in [0, 0.05) is 0 Å². The Morgan fingerprint density at radius 3 is 2.17 bits per heavy atom. The Morgan fingerprint density at radius 1 is 0.889 bits per heavy atom. The highest BCUT2D eigenvalue weighted by Gasteiger charge is 2.03. The molecule has 0 saturated heterocycles. The van der Waals surface area contributed by atoms with Crippen LogP contribution >= 0.6 is 0 Å². The van der Waals surface area contributed by atoms with Crippen LogP contribution in [0.1, 0.15) is 34.7 Å². The average Bonchev–Trinajstić information content (AvgIpc) is 2.34. The van der Waals surface area contributed by atoms with Gasteiger partial charge in [-0.3, -0.25) is 0 Å². The fraction of sp³-hybridized carbons (Fsp3) is 0.294. The summed E-state index contributed by atoms with van der Waals surface area (Å²) in [6, 6.07) is 12.5. The molecule has 18 heavy (non-hydrogen) atoms. The van der Waals surface area contributed by atoms with E-state index in [9.17, 15) is 5.11 Å². The molecule has 2 rings (SSSR count). The molecule has 0 fully saturated rings. The van der Waals surface area contributed by atoms with E-state index in [0.717, 1.165) is 24.0 Å². The Kier molecular flexibility index (Phi) is 3.71. The lowest BCUT2D eigenvalue weighted by molar-refractivity contribution is 0.468. The fourth-order valence-corrected chi connectivity index (χ4v) is 2.17. The zero-order valence-electron chi connectivity index (χ0n) is 11.3. The highest BCUT2D eigenvalue weighted by molar-refractivity contribution is 5.39. The minimum Gasteiger partial charge on any atom is -0.508 e. The van der Waals surface area contributed by atoms with Crippen LogP contribution in [0.25, 0.3) is 0 Å². The van der Waals surface area contributed by atoms with Gasteiger partial charge >= 0.3 is 0 Å². The first-order chi connectivity index (χ1) is 8.60. The number of hydrogen-bond donors (Lipinski definition) is 1. The van der Waals surface area contributed by atoms with Crippen molar-refractivity contribution in [3.8, 4) is 5.75 Å². The molecule has 0 aliphatic carbocycles. The molecule has 0 aliphatic rings. The number of hydrogen-bond acceptors (Lipinski definition) is 1. The second-order valence-corrected chi connectivity index (χ2v) is 4.91. The molecule has 0 atom stereocenters. The van der Waals surface area contributed by atoms with Crippen LogP contribution in [0.15, 0.2) is 36.4 Å². The van der Waals surface area contributed by atoms with E-state index >= 15 is 0 Å². The van der Waals surface area contributed by atoms with Crippen LogP contribution in [0.2, 0.25) is 0 Å². The van der Waals surface area contributed by atoms with Crippen LogP contribution < -0.4 is 0 Å². The van der Waals surface area contributed by atoms with Crippen LogP contribution in [0.4, 0.5) is 0 Å². The normalized spacial score (nSPS) is 10.6. The number of phenolic OH excluding ortho intramolecular Hbond substituents is 1. The third kappa shape index (κ3) is 2.73. The second kappa shape index (κ2) is 5.26. The van der Waals surface area contributed by atoms with Crippen LogP contribution in [0.5, 0.6) is 5.75 Å². The summed E-state index contributed by atoms with van der Waals surface area (Å²) >= 11 is 0. The van der Waals surface area contributed by atoms with Crippen molar-refractivity contribution < 1.29 is 5.11 Å². The third-order valence-corrected chi connectivity index (χ3v) is 3.51. The van der Waals surface area contributed by atoms with Gasteiger partial charge in [0.15, 0.2) is 0 Å². The molecule has 1 nitrogen and oxygen atoms in total. The number of aryl methyl sites for hydroxylation is 3. The maximum atomic E-state index is 9.87. The van der Waals surface area contributed by atoms with Gasteiger partial charge in [0.2, 0.25) is 0 Å². The first-order valence-electron chi connectivity index (χ1n) is 6.47. The van der Waals surface area contributed by atoms with Crippen molar-refractivity contribution >= 4 is 0 Å². The van der Waals surface area contributed by atoms with Gasteiger partial charge in [0.05, 0.1) is 0 Å². The molecule has 0 heterocycles. The minimum absolute atomic E-state index is 0.416. The lowest BCUT2D eigenvalue weighted by atomic mass is 9.99. The lowest BCUT2D eigenvalue weighted by Crippen LogP contribution is -1.92. The Morgan fingerprint density at radius 2 is 1.56 bits per heavy atom. The molecule has 1 heteroatoms. The van der Waals surface area contributed by atoms with Gasteiger partial charge in [0.1, 0.15) is 5.75 Å². The van der Waals surface area contributed by atoms with Crippen LogP contribution in [-0.2, 0) is 12.8 Å². The van der Waals surface area contributed by atoms with E-state index in [1.165, 1.54) is 16.7 Å². The largest absolute Gasteiger partial charge is 0.508 e. The lowest BCUT2D eigenvalue weighted by Gasteiger charge is -2.08. The summed E-state index contributed by atoms with van der Waals surface area (Å²) in [5, 5.41) is 9.87. The predicted molar refractivity (Wildman–Crippen MR) is 76.2 cm³/mol. The van der Waals surface area contributed by atoms with E-state index in [1.807, 2.05) is 12.1 Å². The number of aromatic hydroxyl groups is 1. The number of benzene rings is 2. The Balaban J connectivity index is 2.23. The summed E-state index contributed by atoms with van der Waals surface area (Å²) in [6.07, 6.45) is 1.74. The first-order valence-corrected chi connectivity index (χ1v) is 6.47. The number of phenols is 1. The zero-order valence-corrected chi connectivity index (χ0v) is 11.3. The van der Waals surface area contributed by atoms with E-state index in [2.05, 4.69) is 45.0 Å². The molecule has 0 bridgehead atoms. The molecule has 0 aliphatic heterocycles. The quantitative estimate of drug-likeness (QED) is 0.854. The summed E-state index contributed by atoms with van der Waals surface area (Å²) < 4.78 is 0. The minimum atomic E-state index is 0.416. The molecule has 0 radical (unpaired) electrons. The molecule has 2 aromatic carbocycles. The van der Waals surface area contributed by atoms with E-state index < -0.39 is 0 Å². The molecule has 0 spiro atoms. The molecule has 94 valence electrons. The number of rotatable bonds is 3. The van der Waals surface area contributed by atoms with E-state index in [4.69, 9.17) is 0 Å². The highest BCUT2D eigenvalue weighted by atomic mass is 16.3. The van der Waals surface area contributed by atoms with Gasteiger partial charge in [-0.1, -0.05) is 37.3 Å². The zero-order chi connectivity index (χ0) is 13.1. The standard InChI is InChI=1S/C17H20O/c1-4-16-8-7-15(11-17(16)18)10-14-6-5-12(2)13(3)9-14/h5-9,11,18H,4,10H2,1-3H3. The summed E-state index contributed by atoms with van der Waals surface area (Å²) in [7, 11) is 0. The van der Waals surface area contributed by atoms with Gasteiger partial charge in [-0.05, 0) is 60.6 Å². The summed E-state index contributed by atoms with van der Waals surface area (Å²) in [5.74, 6) is 0.416. The average molecular weight is 240 g/mol. The van der Waals surface area contributed by atoms with Gasteiger partial charge < -0.3 is 5.11 Å². The Labute approximate surface area is 109 Å². The molecule has 0 unspecified atom stereocenters. The highest BCUT2D eigenvalue weighted by Crippen LogP contribution is 2.21. The summed E-state index contributed by atoms with van der Waals surface area (Å²) in [4.78, 5) is 0. The van der Waals surface area contributed by atoms with Crippen molar-refractivity contribution in [3.05, 3.63) is 64.2 Å². The second-order valence-electron chi connectivity index (χ2n) is 4.91. The predicted octanol–water partition coefficient (Wildman–Crippen LogP) is 4.16. The monoisotopic (exact) mass is 240 g/mol. The SMILES string of the molecule is CCc1ccc(Cc2ccc(C)c(C)c2)cc1O. The van der Waals surface area contributed by atoms with Crippen LogP contribution in [0.3, 0.4) is 0 Å². The molecule has 0 aromatic heterocycles. The van der Waals surface area contributed by atoms with Gasteiger partial charge in [0.25, 0.3) is 0 Å². The Hall–Kier alpha value is -1.76. The fourth-order valence-electron chi connectivity index (χ4n) is 2.17. The summed E-state index contributed by atoms with van der Waals surface area (Å²) in [5.41, 5.74) is 6.11. The van der Waals surface area contributed by atoms with Crippen LogP contribution in [-0.4, -0.2) is 5.11 Å². The summed E-state index contributed by atoms with van der Waals surface area (Å²) in [6.45, 7) is 6.32. The van der Waals surface area contributed by atoms with Crippen molar-refractivity contribution in [3.63, 3.8) is 0 Å².